The molecule has 0 radical (unpaired) electrons. The minimum absolute atomic E-state index is 0.294. The molecule has 0 aliphatic rings. The fourth-order valence-electron chi connectivity index (χ4n) is 5.16. The van der Waals surface area contributed by atoms with E-state index in [0.29, 0.717) is 23.9 Å². The van der Waals surface area contributed by atoms with Gasteiger partial charge in [0.2, 0.25) is 0 Å². The summed E-state index contributed by atoms with van der Waals surface area (Å²) in [6.07, 6.45) is 7.17. The van der Waals surface area contributed by atoms with Gasteiger partial charge in [0.1, 0.15) is 17.2 Å². The lowest BCUT2D eigenvalue weighted by Gasteiger charge is -2.18. The van der Waals surface area contributed by atoms with E-state index in [2.05, 4.69) is 61.4 Å². The van der Waals surface area contributed by atoms with Crippen molar-refractivity contribution in [2.75, 3.05) is 26.0 Å². The lowest BCUT2D eigenvalue weighted by molar-refractivity contribution is 0.376. The van der Waals surface area contributed by atoms with E-state index in [0.717, 1.165) is 55.7 Å². The summed E-state index contributed by atoms with van der Waals surface area (Å²) in [7, 11) is 3.90. The summed E-state index contributed by atoms with van der Waals surface area (Å²) < 4.78 is 14.8. The highest BCUT2D eigenvalue weighted by Gasteiger charge is 2.17. The number of nitrogens with zero attached hydrogens (tertiary/aromatic N) is 5. The van der Waals surface area contributed by atoms with Gasteiger partial charge in [-0.2, -0.15) is 5.10 Å². The molecule has 0 bridgehead atoms. The van der Waals surface area contributed by atoms with Crippen molar-refractivity contribution in [1.82, 2.24) is 35.0 Å². The van der Waals surface area contributed by atoms with Crippen LogP contribution < -0.4 is 11.1 Å². The second-order valence-electron chi connectivity index (χ2n) is 10.9. The van der Waals surface area contributed by atoms with E-state index in [1.807, 2.05) is 55.8 Å². The monoisotopic (exact) mass is 549 g/mol. The number of hydrogen-bond donors (Lipinski definition) is 4. The van der Waals surface area contributed by atoms with Crippen molar-refractivity contribution in [2.24, 2.45) is 5.73 Å². The van der Waals surface area contributed by atoms with Gasteiger partial charge in [-0.3, -0.25) is 10.1 Å². The number of likely N-dealkylation sites (N-methyl/N-ethyl adjacent to an activating group) is 1. The first-order valence-corrected chi connectivity index (χ1v) is 13.5. The number of aromatic nitrogens is 6. The van der Waals surface area contributed by atoms with Gasteiger partial charge in [0.15, 0.2) is 5.65 Å². The molecular formula is C31H32FN9. The first kappa shape index (κ1) is 26.5. The summed E-state index contributed by atoms with van der Waals surface area (Å²) in [5.74, 6) is -0.327. The van der Waals surface area contributed by atoms with E-state index in [9.17, 15) is 4.39 Å². The molecule has 41 heavy (non-hydrogen) atoms. The van der Waals surface area contributed by atoms with Crippen molar-refractivity contribution < 1.29 is 4.39 Å². The zero-order chi connectivity index (χ0) is 28.7. The van der Waals surface area contributed by atoms with Crippen LogP contribution in [0.3, 0.4) is 0 Å². The van der Waals surface area contributed by atoms with E-state index in [1.165, 1.54) is 12.1 Å². The van der Waals surface area contributed by atoms with Crippen molar-refractivity contribution in [1.29, 1.82) is 0 Å². The minimum atomic E-state index is -0.327. The van der Waals surface area contributed by atoms with Crippen molar-refractivity contribution in [2.45, 2.75) is 25.9 Å². The topological polar surface area (TPSA) is 124 Å². The molecule has 0 fully saturated rings. The predicted molar refractivity (Wildman–Crippen MR) is 162 cm³/mol. The molecule has 0 aliphatic carbocycles. The molecule has 0 aliphatic heterocycles. The van der Waals surface area contributed by atoms with Crippen LogP contribution >= 0.6 is 0 Å². The first-order valence-electron chi connectivity index (χ1n) is 13.5. The maximum atomic E-state index is 14.8. The molecule has 1 aromatic carbocycles. The van der Waals surface area contributed by atoms with Crippen LogP contribution in [0.25, 0.3) is 55.7 Å². The molecule has 10 heteroatoms. The van der Waals surface area contributed by atoms with Crippen LogP contribution in [0.15, 0.2) is 67.3 Å². The number of H-pyrrole nitrogens is 2. The summed E-state index contributed by atoms with van der Waals surface area (Å²) in [5, 5.41) is 12.7. The van der Waals surface area contributed by atoms with Crippen LogP contribution in [-0.4, -0.2) is 61.7 Å². The third-order valence-corrected chi connectivity index (χ3v) is 6.95. The Morgan fingerprint density at radius 2 is 1.76 bits per heavy atom. The lowest BCUT2D eigenvalue weighted by Crippen LogP contribution is -2.26. The van der Waals surface area contributed by atoms with Crippen molar-refractivity contribution >= 4 is 27.8 Å². The standard InChI is InChI=1S/C31H32FN9/c1-17(2)37-23-10-20(13-34-15-23)21-11-26-29(39-40-31(26)36-14-21)28-12-25-24(5-6-35-30(25)38-28)18-7-19(9-22(32)8-18)27(33)16-41(3)4/h5-15,17,27,37H,16,33H2,1-4H3,(H,35,38)(H,36,39,40). The second kappa shape index (κ2) is 10.7. The van der Waals surface area contributed by atoms with E-state index in [-0.39, 0.29) is 11.9 Å². The number of aromatic amines is 2. The third-order valence-electron chi connectivity index (χ3n) is 6.95. The zero-order valence-electron chi connectivity index (χ0n) is 23.4. The summed E-state index contributed by atoms with van der Waals surface area (Å²) in [5.41, 5.74) is 14.4. The van der Waals surface area contributed by atoms with Crippen molar-refractivity contribution in [3.8, 4) is 33.6 Å². The fourth-order valence-corrected chi connectivity index (χ4v) is 5.16. The van der Waals surface area contributed by atoms with Crippen molar-refractivity contribution in [3.05, 3.63) is 78.6 Å². The van der Waals surface area contributed by atoms with E-state index in [4.69, 9.17) is 5.73 Å². The highest BCUT2D eigenvalue weighted by Crippen LogP contribution is 2.35. The molecule has 6 aromatic rings. The average Bonchev–Trinajstić information content (AvgIpc) is 3.55. The number of fused-ring (bicyclic) bond motifs is 2. The maximum Gasteiger partial charge on any atom is 0.155 e. The first-order chi connectivity index (χ1) is 19.7. The van der Waals surface area contributed by atoms with E-state index < -0.39 is 0 Å². The Hall–Kier alpha value is -4.67. The molecule has 0 spiro atoms. The highest BCUT2D eigenvalue weighted by atomic mass is 19.1. The van der Waals surface area contributed by atoms with Gasteiger partial charge < -0.3 is 20.9 Å². The summed E-state index contributed by atoms with van der Waals surface area (Å²) in [4.78, 5) is 19.0. The van der Waals surface area contributed by atoms with Gasteiger partial charge in [-0.1, -0.05) is 0 Å². The van der Waals surface area contributed by atoms with Gasteiger partial charge in [-0.15, -0.1) is 0 Å². The lowest BCUT2D eigenvalue weighted by atomic mass is 9.98. The van der Waals surface area contributed by atoms with Crippen LogP contribution in [0, 0.1) is 5.82 Å². The number of rotatable bonds is 8. The number of pyridine rings is 3. The predicted octanol–water partition coefficient (Wildman–Crippen LogP) is 5.75. The summed E-state index contributed by atoms with van der Waals surface area (Å²) in [6.45, 7) is 4.79. The molecule has 1 unspecified atom stereocenters. The van der Waals surface area contributed by atoms with Gasteiger partial charge in [0.05, 0.1) is 11.4 Å². The van der Waals surface area contributed by atoms with Crippen LogP contribution in [0.2, 0.25) is 0 Å². The summed E-state index contributed by atoms with van der Waals surface area (Å²) in [6, 6.07) is 13.0. The Balaban J connectivity index is 1.41. The Morgan fingerprint density at radius 3 is 2.56 bits per heavy atom. The third kappa shape index (κ3) is 5.39. The van der Waals surface area contributed by atoms with Gasteiger partial charge in [0, 0.05) is 65.3 Å². The number of halogens is 1. The minimum Gasteiger partial charge on any atom is -0.382 e. The quantitative estimate of drug-likeness (QED) is 0.191. The largest absolute Gasteiger partial charge is 0.382 e. The normalized spacial score (nSPS) is 12.6. The average molecular weight is 550 g/mol. The van der Waals surface area contributed by atoms with Gasteiger partial charge in [0.25, 0.3) is 0 Å². The molecule has 0 saturated heterocycles. The van der Waals surface area contributed by atoms with Crippen LogP contribution in [0.4, 0.5) is 10.1 Å². The SMILES string of the molecule is CC(C)Nc1cncc(-c2cnc3[nH]nc(-c4cc5c(-c6cc(F)cc(C(N)CN(C)C)c6)ccnc5[nH]4)c3c2)c1. The smallest absolute Gasteiger partial charge is 0.155 e. The van der Waals surface area contributed by atoms with Gasteiger partial charge in [-0.25, -0.2) is 14.4 Å². The molecule has 208 valence electrons. The molecule has 0 amide bonds. The number of benzene rings is 1. The van der Waals surface area contributed by atoms with E-state index >= 15 is 0 Å². The number of nitrogens with two attached hydrogens (primary N) is 1. The summed E-state index contributed by atoms with van der Waals surface area (Å²) >= 11 is 0. The number of nitrogens with one attached hydrogen (secondary N) is 3. The fraction of sp³-hybridized carbons (Fsp3) is 0.226. The van der Waals surface area contributed by atoms with Gasteiger partial charge >= 0.3 is 0 Å². The Morgan fingerprint density at radius 1 is 0.927 bits per heavy atom. The van der Waals surface area contributed by atoms with E-state index in [1.54, 1.807) is 6.20 Å². The van der Waals surface area contributed by atoms with Crippen LogP contribution in [-0.2, 0) is 0 Å². The molecule has 1 atom stereocenters. The Kier molecular flexibility index (Phi) is 6.94. The molecule has 5 N–H and O–H groups in total. The zero-order valence-corrected chi connectivity index (χ0v) is 23.4. The highest BCUT2D eigenvalue weighted by molar-refractivity contribution is 5.99. The Bertz CT molecular complexity index is 1850. The molecular weight excluding hydrogens is 517 g/mol. The molecule has 5 aromatic heterocycles. The molecule has 5 heterocycles. The van der Waals surface area contributed by atoms with Crippen LogP contribution in [0.5, 0.6) is 0 Å². The molecule has 6 rings (SSSR count). The maximum absolute atomic E-state index is 14.8. The van der Waals surface area contributed by atoms with Crippen LogP contribution in [0.1, 0.15) is 25.5 Å². The number of hydrogen-bond acceptors (Lipinski definition) is 7. The molecule has 0 saturated carbocycles. The second-order valence-corrected chi connectivity index (χ2v) is 10.9. The molecule has 9 nitrogen and oxygen atoms in total. The number of anilines is 1. The van der Waals surface area contributed by atoms with Gasteiger partial charge in [-0.05, 0) is 87.1 Å². The Labute approximate surface area is 237 Å². The van der Waals surface area contributed by atoms with Crippen molar-refractivity contribution in [3.63, 3.8) is 0 Å².